The second kappa shape index (κ2) is 4.76. The first-order valence-electron chi connectivity index (χ1n) is 7.23. The van der Waals surface area contributed by atoms with E-state index in [1.807, 2.05) is 24.3 Å². The number of carbonyl (C=O) groups is 2. The van der Waals surface area contributed by atoms with Crippen LogP contribution in [0.1, 0.15) is 32.8 Å². The molecule has 2 unspecified atom stereocenters. The number of hydrogen-bond acceptors (Lipinski definition) is 3. The van der Waals surface area contributed by atoms with Crippen LogP contribution in [-0.2, 0) is 14.9 Å². The van der Waals surface area contributed by atoms with Crippen molar-refractivity contribution in [1.29, 1.82) is 0 Å². The molecule has 3 rings (SSSR count). The van der Waals surface area contributed by atoms with E-state index in [-0.39, 0.29) is 23.5 Å². The van der Waals surface area contributed by atoms with Gasteiger partial charge in [0.05, 0.1) is 6.54 Å². The van der Waals surface area contributed by atoms with Crippen molar-refractivity contribution in [2.45, 2.75) is 44.8 Å². The van der Waals surface area contributed by atoms with Gasteiger partial charge in [0, 0.05) is 12.1 Å². The van der Waals surface area contributed by atoms with Crippen molar-refractivity contribution in [2.75, 3.05) is 11.9 Å². The highest BCUT2D eigenvalue weighted by Crippen LogP contribution is 2.29. The summed E-state index contributed by atoms with van der Waals surface area (Å²) < 4.78 is 5.08. The van der Waals surface area contributed by atoms with E-state index < -0.39 is 6.04 Å². The molecule has 5 nitrogen and oxygen atoms in total. The smallest absolute Gasteiger partial charge is 0.329 e. The lowest BCUT2D eigenvalue weighted by molar-refractivity contribution is -0.149. The van der Waals surface area contributed by atoms with E-state index in [1.165, 1.54) is 5.56 Å². The number of likely N-dealkylation sites (tertiary alicyclic amines) is 1. The van der Waals surface area contributed by atoms with Crippen LogP contribution in [0.3, 0.4) is 0 Å². The van der Waals surface area contributed by atoms with Crippen molar-refractivity contribution < 1.29 is 14.3 Å². The molecule has 2 aliphatic heterocycles. The zero-order chi connectivity index (χ0) is 15.2. The first-order valence-corrected chi connectivity index (χ1v) is 7.23. The molecule has 2 bridgehead atoms. The summed E-state index contributed by atoms with van der Waals surface area (Å²) >= 11 is 0. The summed E-state index contributed by atoms with van der Waals surface area (Å²) in [7, 11) is 0. The van der Waals surface area contributed by atoms with Gasteiger partial charge >= 0.3 is 12.0 Å². The van der Waals surface area contributed by atoms with Crippen LogP contribution in [0, 0.1) is 0 Å². The van der Waals surface area contributed by atoms with Crippen molar-refractivity contribution in [2.24, 2.45) is 0 Å². The maximum Gasteiger partial charge on any atom is 0.329 e. The lowest BCUT2D eigenvalue weighted by atomic mass is 9.87. The molecule has 2 aliphatic rings. The molecule has 0 saturated carbocycles. The van der Waals surface area contributed by atoms with Gasteiger partial charge in [-0.2, -0.15) is 0 Å². The number of nitrogens with zero attached hydrogens (tertiary/aromatic N) is 1. The molecular formula is C16H20N2O3. The molecule has 0 aromatic heterocycles. The standard InChI is InChI=1S/C16H20N2O3/c1-16(2,3)10-4-6-11(7-5-10)17-15(20)18-9-12-8-13(18)14(19)21-12/h4-7,12-13H,8-9H2,1-3H3,(H,17,20). The van der Waals surface area contributed by atoms with Crippen molar-refractivity contribution in [1.82, 2.24) is 4.90 Å². The topological polar surface area (TPSA) is 58.6 Å². The average molecular weight is 288 g/mol. The van der Waals surface area contributed by atoms with E-state index in [0.717, 1.165) is 5.69 Å². The maximum atomic E-state index is 12.2. The molecule has 0 radical (unpaired) electrons. The van der Waals surface area contributed by atoms with Crippen LogP contribution in [0.4, 0.5) is 10.5 Å². The van der Waals surface area contributed by atoms with Gasteiger partial charge in [-0.15, -0.1) is 0 Å². The number of amides is 2. The summed E-state index contributed by atoms with van der Waals surface area (Å²) in [5, 5.41) is 2.85. The molecule has 0 aliphatic carbocycles. The Balaban J connectivity index is 1.67. The normalized spacial score (nSPS) is 24.1. The number of morpholine rings is 1. The fraction of sp³-hybridized carbons (Fsp3) is 0.500. The molecule has 1 aromatic rings. The van der Waals surface area contributed by atoms with Gasteiger partial charge in [-0.25, -0.2) is 9.59 Å². The molecule has 1 N–H and O–H groups in total. The number of esters is 1. The van der Waals surface area contributed by atoms with Crippen LogP contribution in [0.2, 0.25) is 0 Å². The van der Waals surface area contributed by atoms with E-state index in [0.29, 0.717) is 13.0 Å². The highest BCUT2D eigenvalue weighted by molar-refractivity contribution is 5.94. The second-order valence-corrected chi connectivity index (χ2v) is 6.72. The highest BCUT2D eigenvalue weighted by Gasteiger charge is 2.48. The third-order valence-corrected chi connectivity index (χ3v) is 4.08. The first kappa shape index (κ1) is 13.9. The van der Waals surface area contributed by atoms with Crippen LogP contribution >= 0.6 is 0 Å². The summed E-state index contributed by atoms with van der Waals surface area (Å²) in [6, 6.07) is 7.17. The Kier molecular flexibility index (Phi) is 3.15. The van der Waals surface area contributed by atoms with Crippen LogP contribution in [0.15, 0.2) is 24.3 Å². The van der Waals surface area contributed by atoms with E-state index in [1.54, 1.807) is 4.90 Å². The summed E-state index contributed by atoms with van der Waals surface area (Å²) in [6.45, 7) is 6.93. The van der Waals surface area contributed by atoms with Crippen molar-refractivity contribution in [3.63, 3.8) is 0 Å². The minimum absolute atomic E-state index is 0.0837. The van der Waals surface area contributed by atoms with Crippen LogP contribution in [0.5, 0.6) is 0 Å². The van der Waals surface area contributed by atoms with Gasteiger partial charge in [-0.3, -0.25) is 0 Å². The van der Waals surface area contributed by atoms with Gasteiger partial charge in [0.15, 0.2) is 0 Å². The number of nitrogens with one attached hydrogen (secondary N) is 1. The first-order chi connectivity index (χ1) is 9.84. The van der Waals surface area contributed by atoms with Crippen molar-refractivity contribution in [3.05, 3.63) is 29.8 Å². The number of hydrogen-bond donors (Lipinski definition) is 1. The summed E-state index contributed by atoms with van der Waals surface area (Å²) in [5.41, 5.74) is 2.04. The molecule has 1 aromatic carbocycles. The molecule has 2 amide bonds. The molecule has 2 fully saturated rings. The Morgan fingerprint density at radius 3 is 2.48 bits per heavy atom. The van der Waals surface area contributed by atoms with Gasteiger partial charge in [0.1, 0.15) is 12.1 Å². The Morgan fingerprint density at radius 2 is 1.95 bits per heavy atom. The maximum absolute atomic E-state index is 12.2. The molecule has 5 heteroatoms. The number of urea groups is 1. The Morgan fingerprint density at radius 1 is 1.29 bits per heavy atom. The molecule has 112 valence electrons. The van der Waals surface area contributed by atoms with Gasteiger partial charge < -0.3 is 15.0 Å². The quantitative estimate of drug-likeness (QED) is 0.808. The van der Waals surface area contributed by atoms with Crippen molar-refractivity contribution >= 4 is 17.7 Å². The van der Waals surface area contributed by atoms with Gasteiger partial charge in [0.25, 0.3) is 0 Å². The summed E-state index contributed by atoms with van der Waals surface area (Å²) in [4.78, 5) is 25.3. The fourth-order valence-electron chi connectivity index (χ4n) is 2.82. The Hall–Kier alpha value is -2.04. The molecule has 2 saturated heterocycles. The second-order valence-electron chi connectivity index (χ2n) is 6.72. The average Bonchev–Trinajstić information content (AvgIpc) is 2.97. The summed E-state index contributed by atoms with van der Waals surface area (Å²) in [6.07, 6.45) is 0.492. The van der Waals surface area contributed by atoms with E-state index in [4.69, 9.17) is 4.74 Å². The Bertz CT molecular complexity index is 574. The van der Waals surface area contributed by atoms with E-state index in [9.17, 15) is 9.59 Å². The molecule has 2 heterocycles. The number of benzene rings is 1. The number of carbonyl (C=O) groups excluding carboxylic acids is 2. The highest BCUT2D eigenvalue weighted by atomic mass is 16.6. The molecular weight excluding hydrogens is 268 g/mol. The fourth-order valence-corrected chi connectivity index (χ4v) is 2.82. The lowest BCUT2D eigenvalue weighted by Gasteiger charge is -2.26. The zero-order valence-corrected chi connectivity index (χ0v) is 12.6. The number of rotatable bonds is 1. The monoisotopic (exact) mass is 288 g/mol. The largest absolute Gasteiger partial charge is 0.459 e. The third kappa shape index (κ3) is 2.60. The van der Waals surface area contributed by atoms with E-state index >= 15 is 0 Å². The van der Waals surface area contributed by atoms with Crippen LogP contribution in [-0.4, -0.2) is 35.6 Å². The zero-order valence-electron chi connectivity index (χ0n) is 12.6. The van der Waals surface area contributed by atoms with Gasteiger partial charge in [-0.1, -0.05) is 32.9 Å². The van der Waals surface area contributed by atoms with Gasteiger partial charge in [-0.05, 0) is 23.1 Å². The number of fused-ring (bicyclic) bond motifs is 2. The SMILES string of the molecule is CC(C)(C)c1ccc(NC(=O)N2CC3CC2C(=O)O3)cc1. The predicted octanol–water partition coefficient (Wildman–Crippen LogP) is 2.52. The predicted molar refractivity (Wildman–Crippen MR) is 79.2 cm³/mol. The number of ether oxygens (including phenoxy) is 1. The minimum atomic E-state index is -0.413. The van der Waals surface area contributed by atoms with Crippen molar-refractivity contribution in [3.8, 4) is 0 Å². The lowest BCUT2D eigenvalue weighted by Crippen LogP contribution is -2.46. The van der Waals surface area contributed by atoms with E-state index in [2.05, 4.69) is 26.1 Å². The molecule has 2 atom stereocenters. The number of anilines is 1. The van der Waals surface area contributed by atoms with Crippen LogP contribution < -0.4 is 5.32 Å². The molecule has 0 spiro atoms. The Labute approximate surface area is 124 Å². The van der Waals surface area contributed by atoms with Crippen LogP contribution in [0.25, 0.3) is 0 Å². The molecule has 21 heavy (non-hydrogen) atoms. The summed E-state index contributed by atoms with van der Waals surface area (Å²) in [5.74, 6) is -0.288. The minimum Gasteiger partial charge on any atom is -0.459 e. The third-order valence-electron chi connectivity index (χ3n) is 4.08. The van der Waals surface area contributed by atoms with Gasteiger partial charge in [0.2, 0.25) is 0 Å².